The van der Waals surface area contributed by atoms with Crippen molar-refractivity contribution < 1.29 is 9.21 Å². The Labute approximate surface area is 100 Å². The summed E-state index contributed by atoms with van der Waals surface area (Å²) in [5.41, 5.74) is 5.55. The minimum absolute atomic E-state index is 0.0976. The molecule has 4 N–H and O–H groups in total. The summed E-state index contributed by atoms with van der Waals surface area (Å²) < 4.78 is 5.07. The molecule has 6 heteroatoms. The predicted molar refractivity (Wildman–Crippen MR) is 65.5 cm³/mol. The van der Waals surface area contributed by atoms with Crippen LogP contribution < -0.4 is 16.4 Å². The van der Waals surface area contributed by atoms with E-state index in [1.165, 1.54) is 0 Å². The van der Waals surface area contributed by atoms with Gasteiger partial charge >= 0.3 is 6.03 Å². The number of carbonyl (C=O) groups is 1. The summed E-state index contributed by atoms with van der Waals surface area (Å²) in [5, 5.41) is 5.05. The zero-order chi connectivity index (χ0) is 12.7. The lowest BCUT2D eigenvalue weighted by Crippen LogP contribution is -2.43. The highest BCUT2D eigenvalue weighted by atomic mass is 16.3. The second kappa shape index (κ2) is 6.57. The maximum atomic E-state index is 11.4. The SMILES string of the molecule is CCC(C)N=C(N)NC(=O)NCc1ccco1. The third kappa shape index (κ3) is 5.05. The van der Waals surface area contributed by atoms with Crippen molar-refractivity contribution in [3.8, 4) is 0 Å². The Morgan fingerprint density at radius 1 is 1.65 bits per heavy atom. The van der Waals surface area contributed by atoms with E-state index in [1.54, 1.807) is 18.4 Å². The number of nitrogens with two attached hydrogens (primary N) is 1. The molecule has 0 aliphatic rings. The zero-order valence-electron chi connectivity index (χ0n) is 10.1. The number of furan rings is 1. The smallest absolute Gasteiger partial charge is 0.321 e. The van der Waals surface area contributed by atoms with Crippen LogP contribution in [-0.4, -0.2) is 18.0 Å². The molecular weight excluding hydrogens is 220 g/mol. The molecule has 94 valence electrons. The van der Waals surface area contributed by atoms with Gasteiger partial charge in [0.05, 0.1) is 18.8 Å². The first-order valence-corrected chi connectivity index (χ1v) is 5.52. The van der Waals surface area contributed by atoms with Gasteiger partial charge in [-0.2, -0.15) is 0 Å². The van der Waals surface area contributed by atoms with Crippen molar-refractivity contribution in [3.05, 3.63) is 24.2 Å². The number of hydrogen-bond acceptors (Lipinski definition) is 3. The van der Waals surface area contributed by atoms with Gasteiger partial charge in [0.25, 0.3) is 0 Å². The summed E-state index contributed by atoms with van der Waals surface area (Å²) in [6, 6.07) is 3.23. The van der Waals surface area contributed by atoms with Gasteiger partial charge in [-0.1, -0.05) is 6.92 Å². The molecule has 0 aliphatic heterocycles. The fourth-order valence-electron chi connectivity index (χ4n) is 1.10. The van der Waals surface area contributed by atoms with E-state index in [4.69, 9.17) is 10.2 Å². The summed E-state index contributed by atoms with van der Waals surface area (Å²) in [6.45, 7) is 4.24. The van der Waals surface area contributed by atoms with E-state index < -0.39 is 6.03 Å². The van der Waals surface area contributed by atoms with Crippen LogP contribution in [0.1, 0.15) is 26.0 Å². The molecule has 2 amide bonds. The van der Waals surface area contributed by atoms with Gasteiger partial charge in [0.15, 0.2) is 5.96 Å². The second-order valence-electron chi connectivity index (χ2n) is 3.66. The highest BCUT2D eigenvalue weighted by molar-refractivity contribution is 5.95. The fourth-order valence-corrected chi connectivity index (χ4v) is 1.10. The van der Waals surface area contributed by atoms with Crippen LogP contribution in [0, 0.1) is 0 Å². The largest absolute Gasteiger partial charge is 0.467 e. The molecular formula is C11H18N4O2. The molecule has 0 saturated carbocycles. The molecule has 6 nitrogen and oxygen atoms in total. The molecule has 0 spiro atoms. The standard InChI is InChI=1S/C11H18N4O2/c1-3-8(2)14-10(12)15-11(16)13-7-9-5-4-6-17-9/h4-6,8H,3,7H2,1-2H3,(H4,12,13,14,15,16). The average molecular weight is 238 g/mol. The van der Waals surface area contributed by atoms with Crippen LogP contribution in [0.4, 0.5) is 4.79 Å². The van der Waals surface area contributed by atoms with E-state index in [9.17, 15) is 4.79 Å². The van der Waals surface area contributed by atoms with Crippen molar-refractivity contribution in [2.45, 2.75) is 32.9 Å². The van der Waals surface area contributed by atoms with Gasteiger partial charge in [-0.25, -0.2) is 4.79 Å². The number of nitrogens with zero attached hydrogens (tertiary/aromatic N) is 1. The monoisotopic (exact) mass is 238 g/mol. The van der Waals surface area contributed by atoms with Crippen LogP contribution in [0.3, 0.4) is 0 Å². The molecule has 17 heavy (non-hydrogen) atoms. The number of aliphatic imine (C=N–C) groups is 1. The Kier molecular flexibility index (Phi) is 5.06. The Hall–Kier alpha value is -1.98. The number of urea groups is 1. The summed E-state index contributed by atoms with van der Waals surface area (Å²) in [4.78, 5) is 15.5. The number of amides is 2. The van der Waals surface area contributed by atoms with Crippen molar-refractivity contribution in [3.63, 3.8) is 0 Å². The van der Waals surface area contributed by atoms with Crippen LogP contribution in [0.25, 0.3) is 0 Å². The number of guanidine groups is 1. The first-order valence-electron chi connectivity index (χ1n) is 5.52. The van der Waals surface area contributed by atoms with Crippen molar-refractivity contribution in [1.82, 2.24) is 10.6 Å². The first kappa shape index (κ1) is 13.1. The molecule has 1 unspecified atom stereocenters. The molecule has 1 atom stereocenters. The summed E-state index contributed by atoms with van der Waals surface area (Å²) in [6.07, 6.45) is 2.42. The Balaban J connectivity index is 2.32. The number of carbonyl (C=O) groups excluding carboxylic acids is 1. The predicted octanol–water partition coefficient (Wildman–Crippen LogP) is 1.19. The molecule has 0 bridgehead atoms. The van der Waals surface area contributed by atoms with Crippen LogP contribution in [0.5, 0.6) is 0 Å². The molecule has 0 radical (unpaired) electrons. The van der Waals surface area contributed by atoms with Gasteiger partial charge in [0.1, 0.15) is 5.76 Å². The Morgan fingerprint density at radius 3 is 3.00 bits per heavy atom. The van der Waals surface area contributed by atoms with E-state index in [-0.39, 0.29) is 12.0 Å². The third-order valence-electron chi connectivity index (χ3n) is 2.20. The number of hydrogen-bond donors (Lipinski definition) is 3. The van der Waals surface area contributed by atoms with E-state index in [0.717, 1.165) is 6.42 Å². The molecule has 0 fully saturated rings. The molecule has 1 rings (SSSR count). The number of rotatable bonds is 4. The van der Waals surface area contributed by atoms with Gasteiger partial charge < -0.3 is 15.5 Å². The van der Waals surface area contributed by atoms with E-state index in [2.05, 4.69) is 15.6 Å². The van der Waals surface area contributed by atoms with E-state index in [1.807, 2.05) is 13.8 Å². The molecule has 0 saturated heterocycles. The minimum atomic E-state index is -0.397. The molecule has 1 aromatic heterocycles. The third-order valence-corrected chi connectivity index (χ3v) is 2.20. The van der Waals surface area contributed by atoms with Crippen molar-refractivity contribution in [1.29, 1.82) is 0 Å². The highest BCUT2D eigenvalue weighted by Crippen LogP contribution is 1.98. The topological polar surface area (TPSA) is 92.6 Å². The average Bonchev–Trinajstić information content (AvgIpc) is 2.78. The Bertz CT molecular complexity index is 373. The Morgan fingerprint density at radius 2 is 2.41 bits per heavy atom. The molecule has 1 aromatic rings. The van der Waals surface area contributed by atoms with Crippen molar-refractivity contribution in [2.24, 2.45) is 10.7 Å². The normalized spacial score (nSPS) is 13.2. The molecule has 0 aliphatic carbocycles. The molecule has 1 heterocycles. The quantitative estimate of drug-likeness (QED) is 0.543. The van der Waals surface area contributed by atoms with E-state index in [0.29, 0.717) is 12.3 Å². The number of nitrogens with one attached hydrogen (secondary N) is 2. The van der Waals surface area contributed by atoms with Gasteiger partial charge in [0.2, 0.25) is 0 Å². The van der Waals surface area contributed by atoms with Crippen molar-refractivity contribution >= 4 is 12.0 Å². The lowest BCUT2D eigenvalue weighted by Gasteiger charge is -2.07. The fraction of sp³-hybridized carbons (Fsp3) is 0.455. The van der Waals surface area contributed by atoms with Crippen molar-refractivity contribution in [2.75, 3.05) is 0 Å². The van der Waals surface area contributed by atoms with Crippen LogP contribution in [-0.2, 0) is 6.54 Å². The lowest BCUT2D eigenvalue weighted by atomic mass is 10.3. The summed E-state index contributed by atoms with van der Waals surface area (Å²) in [7, 11) is 0. The minimum Gasteiger partial charge on any atom is -0.467 e. The molecule has 0 aromatic carbocycles. The first-order chi connectivity index (χ1) is 8.11. The summed E-state index contributed by atoms with van der Waals surface area (Å²) >= 11 is 0. The zero-order valence-corrected chi connectivity index (χ0v) is 10.1. The van der Waals surface area contributed by atoms with Gasteiger partial charge in [-0.05, 0) is 25.5 Å². The maximum absolute atomic E-state index is 11.4. The van der Waals surface area contributed by atoms with Crippen LogP contribution in [0.2, 0.25) is 0 Å². The highest BCUT2D eigenvalue weighted by Gasteiger charge is 2.04. The van der Waals surface area contributed by atoms with Gasteiger partial charge in [-0.3, -0.25) is 10.3 Å². The van der Waals surface area contributed by atoms with E-state index >= 15 is 0 Å². The lowest BCUT2D eigenvalue weighted by molar-refractivity contribution is 0.244. The summed E-state index contributed by atoms with van der Waals surface area (Å²) in [5.74, 6) is 0.800. The van der Waals surface area contributed by atoms with Crippen LogP contribution >= 0.6 is 0 Å². The second-order valence-corrected chi connectivity index (χ2v) is 3.66. The maximum Gasteiger partial charge on any atom is 0.321 e. The van der Waals surface area contributed by atoms with Crippen LogP contribution in [0.15, 0.2) is 27.8 Å². The van der Waals surface area contributed by atoms with Gasteiger partial charge in [-0.15, -0.1) is 0 Å². The van der Waals surface area contributed by atoms with Gasteiger partial charge in [0, 0.05) is 0 Å².